The number of imide groups is 1. The number of amides is 3. The van der Waals surface area contributed by atoms with Crippen LogP contribution in [-0.2, 0) is 9.59 Å². The smallest absolute Gasteiger partial charge is 0.290 e. The van der Waals surface area contributed by atoms with E-state index in [0.29, 0.717) is 10.7 Å². The summed E-state index contributed by atoms with van der Waals surface area (Å²) in [6, 6.07) is 16.2. The highest BCUT2D eigenvalue weighted by atomic mass is 32.2. The Labute approximate surface area is 154 Å². The molecule has 0 aromatic heterocycles. The summed E-state index contributed by atoms with van der Waals surface area (Å²) in [7, 11) is 1.70. The molecule has 132 valence electrons. The van der Waals surface area contributed by atoms with Crippen LogP contribution >= 0.6 is 11.8 Å². The number of carbonyl (C=O) groups excluding carboxylic acids is 3. The second-order valence-corrected chi connectivity index (χ2v) is 6.51. The topological polar surface area (TPSA) is 75.7 Å². The normalized spacial score (nSPS) is 15.0. The van der Waals surface area contributed by atoms with E-state index >= 15 is 0 Å². The molecule has 1 fully saturated rings. The van der Waals surface area contributed by atoms with Gasteiger partial charge in [-0.15, -0.1) is 0 Å². The molecule has 0 saturated carbocycles. The van der Waals surface area contributed by atoms with Gasteiger partial charge in [0.25, 0.3) is 17.1 Å². The molecular weight excluding hydrogens is 352 g/mol. The second kappa shape index (κ2) is 7.88. The summed E-state index contributed by atoms with van der Waals surface area (Å²) in [5.74, 6) is -0.0172. The zero-order valence-electron chi connectivity index (χ0n) is 14.0. The summed E-state index contributed by atoms with van der Waals surface area (Å²) in [6.07, 6.45) is 1.63. The molecular formula is C19H16N2O4S. The molecule has 1 aliphatic rings. The number of nitrogens with one attached hydrogen (secondary N) is 1. The van der Waals surface area contributed by atoms with E-state index in [2.05, 4.69) is 5.32 Å². The predicted octanol–water partition coefficient (Wildman–Crippen LogP) is 3.05. The van der Waals surface area contributed by atoms with Crippen LogP contribution < -0.4 is 15.0 Å². The number of ether oxygens (including phenoxy) is 1. The first-order valence-electron chi connectivity index (χ1n) is 7.82. The predicted molar refractivity (Wildman–Crippen MR) is 101 cm³/mol. The Balaban J connectivity index is 1.58. The first-order valence-corrected chi connectivity index (χ1v) is 8.64. The van der Waals surface area contributed by atoms with Gasteiger partial charge in [0.1, 0.15) is 5.75 Å². The van der Waals surface area contributed by atoms with Crippen LogP contribution in [0.1, 0.15) is 5.56 Å². The number of para-hydroxylation sites is 1. The fourth-order valence-electron chi connectivity index (χ4n) is 2.27. The average molecular weight is 368 g/mol. The van der Waals surface area contributed by atoms with Crippen molar-refractivity contribution in [3.63, 3.8) is 0 Å². The minimum Gasteiger partial charge on any atom is -0.484 e. The molecule has 0 bridgehead atoms. The van der Waals surface area contributed by atoms with Crippen molar-refractivity contribution in [1.29, 1.82) is 0 Å². The molecule has 0 spiro atoms. The second-order valence-electron chi connectivity index (χ2n) is 5.50. The summed E-state index contributed by atoms with van der Waals surface area (Å²) in [6.45, 7) is -0.0847. The molecule has 3 amide bonds. The van der Waals surface area contributed by atoms with Crippen LogP contribution in [-0.4, -0.2) is 30.7 Å². The monoisotopic (exact) mass is 368 g/mol. The molecule has 1 saturated heterocycles. The number of anilines is 1. The number of hydrogen-bond donors (Lipinski definition) is 1. The number of thioether (sulfide) groups is 1. The lowest BCUT2D eigenvalue weighted by molar-refractivity contribution is -0.120. The first-order chi connectivity index (χ1) is 12.5. The van der Waals surface area contributed by atoms with E-state index in [1.165, 1.54) is 4.90 Å². The Morgan fingerprint density at radius 1 is 1.12 bits per heavy atom. The van der Waals surface area contributed by atoms with Crippen LogP contribution in [0.25, 0.3) is 6.08 Å². The molecule has 2 aromatic carbocycles. The van der Waals surface area contributed by atoms with Crippen molar-refractivity contribution < 1.29 is 19.1 Å². The molecule has 0 atom stereocenters. The van der Waals surface area contributed by atoms with Crippen molar-refractivity contribution in [2.24, 2.45) is 0 Å². The molecule has 3 rings (SSSR count). The summed E-state index contributed by atoms with van der Waals surface area (Å²) >= 11 is 0.868. The fraction of sp³-hybridized carbons (Fsp3) is 0.105. The average Bonchev–Trinajstić information content (AvgIpc) is 2.98. The minimum absolute atomic E-state index is 0.0847. The zero-order valence-corrected chi connectivity index (χ0v) is 14.8. The van der Waals surface area contributed by atoms with E-state index in [4.69, 9.17) is 4.74 Å². The Morgan fingerprint density at radius 2 is 1.81 bits per heavy atom. The molecule has 7 heteroatoms. The van der Waals surface area contributed by atoms with E-state index < -0.39 is 5.91 Å². The Hall–Kier alpha value is -3.06. The Bertz CT molecular complexity index is 863. The van der Waals surface area contributed by atoms with Gasteiger partial charge in [0.15, 0.2) is 6.61 Å². The summed E-state index contributed by atoms with van der Waals surface area (Å²) in [5.41, 5.74) is 1.56. The summed E-state index contributed by atoms with van der Waals surface area (Å²) < 4.78 is 5.52. The summed E-state index contributed by atoms with van der Waals surface area (Å²) in [5, 5.41) is 1.83. The lowest BCUT2D eigenvalue weighted by atomic mass is 10.2. The Morgan fingerprint density at radius 3 is 2.42 bits per heavy atom. The van der Waals surface area contributed by atoms with Gasteiger partial charge in [0.2, 0.25) is 0 Å². The lowest BCUT2D eigenvalue weighted by Gasteiger charge is -2.17. The van der Waals surface area contributed by atoms with Gasteiger partial charge in [0, 0.05) is 12.7 Å². The molecule has 0 unspecified atom stereocenters. The van der Waals surface area contributed by atoms with Crippen molar-refractivity contribution in [1.82, 2.24) is 5.32 Å². The maximum absolute atomic E-state index is 12.2. The van der Waals surface area contributed by atoms with Crippen molar-refractivity contribution in [3.8, 4) is 5.75 Å². The molecule has 6 nitrogen and oxygen atoms in total. The number of hydrogen-bond acceptors (Lipinski definition) is 5. The van der Waals surface area contributed by atoms with Crippen LogP contribution in [0, 0.1) is 0 Å². The largest absolute Gasteiger partial charge is 0.484 e. The van der Waals surface area contributed by atoms with Crippen LogP contribution in [0.2, 0.25) is 0 Å². The maximum atomic E-state index is 12.2. The summed E-state index contributed by atoms with van der Waals surface area (Å²) in [4.78, 5) is 36.8. The van der Waals surface area contributed by atoms with Gasteiger partial charge < -0.3 is 9.64 Å². The number of carbonyl (C=O) groups is 3. The van der Waals surface area contributed by atoms with Crippen molar-refractivity contribution >= 4 is 40.6 Å². The van der Waals surface area contributed by atoms with Crippen LogP contribution in [0.4, 0.5) is 10.5 Å². The van der Waals surface area contributed by atoms with Gasteiger partial charge >= 0.3 is 0 Å². The highest BCUT2D eigenvalue weighted by Gasteiger charge is 2.24. The van der Waals surface area contributed by atoms with Gasteiger partial charge in [-0.05, 0) is 47.7 Å². The van der Waals surface area contributed by atoms with E-state index in [9.17, 15) is 14.4 Å². The van der Waals surface area contributed by atoms with Crippen LogP contribution in [0.15, 0.2) is 59.5 Å². The van der Waals surface area contributed by atoms with Crippen molar-refractivity contribution in [3.05, 3.63) is 65.1 Å². The number of likely N-dealkylation sites (N-methyl/N-ethyl adjacent to an activating group) is 1. The first kappa shape index (κ1) is 17.8. The molecule has 0 aliphatic carbocycles. The standard InChI is InChI=1S/C19H16N2O4S/c1-21(14-5-3-2-4-6-14)17(22)12-25-15-9-7-13(8-10-15)11-16-18(23)20-19(24)26-16/h2-11H,12H2,1H3,(H,20,23,24)/b16-11-. The number of nitrogens with zero attached hydrogens (tertiary/aromatic N) is 1. The van der Waals surface area contributed by atoms with Crippen LogP contribution in [0.3, 0.4) is 0 Å². The van der Waals surface area contributed by atoms with E-state index in [0.717, 1.165) is 23.0 Å². The third-order valence-corrected chi connectivity index (χ3v) is 4.51. The zero-order chi connectivity index (χ0) is 18.5. The van der Waals surface area contributed by atoms with Crippen LogP contribution in [0.5, 0.6) is 5.75 Å². The van der Waals surface area contributed by atoms with E-state index in [1.54, 1.807) is 37.4 Å². The quantitative estimate of drug-likeness (QED) is 0.821. The number of rotatable bonds is 5. The lowest BCUT2D eigenvalue weighted by Crippen LogP contribution is -2.31. The Kier molecular flexibility index (Phi) is 5.38. The van der Waals surface area contributed by atoms with Gasteiger partial charge in [-0.1, -0.05) is 30.3 Å². The molecule has 26 heavy (non-hydrogen) atoms. The maximum Gasteiger partial charge on any atom is 0.290 e. The minimum atomic E-state index is -0.394. The molecule has 1 heterocycles. The fourth-order valence-corrected chi connectivity index (χ4v) is 2.95. The van der Waals surface area contributed by atoms with E-state index in [1.807, 2.05) is 30.3 Å². The van der Waals surface area contributed by atoms with Gasteiger partial charge in [0.05, 0.1) is 4.91 Å². The van der Waals surface area contributed by atoms with Gasteiger partial charge in [-0.2, -0.15) is 0 Å². The van der Waals surface area contributed by atoms with Crippen molar-refractivity contribution in [2.75, 3.05) is 18.6 Å². The van der Waals surface area contributed by atoms with E-state index in [-0.39, 0.29) is 17.8 Å². The van der Waals surface area contributed by atoms with Crippen molar-refractivity contribution in [2.45, 2.75) is 0 Å². The number of benzene rings is 2. The molecule has 2 aromatic rings. The highest BCUT2D eigenvalue weighted by molar-refractivity contribution is 8.18. The van der Waals surface area contributed by atoms with Gasteiger partial charge in [-0.3, -0.25) is 19.7 Å². The molecule has 0 radical (unpaired) electrons. The SMILES string of the molecule is CN(C(=O)COc1ccc(/C=C2\SC(=O)NC2=O)cc1)c1ccccc1. The third kappa shape index (κ3) is 4.31. The third-order valence-electron chi connectivity index (χ3n) is 3.70. The highest BCUT2D eigenvalue weighted by Crippen LogP contribution is 2.26. The molecule has 1 aliphatic heterocycles. The molecule has 1 N–H and O–H groups in total. The van der Waals surface area contributed by atoms with Gasteiger partial charge in [-0.25, -0.2) is 0 Å².